The number of carbonyl (C=O) groups excluding carboxylic acids is 1. The molecule has 1 saturated heterocycles. The number of Topliss-reactive ketones (excluding diaryl/α,β-unsaturated/α-hetero) is 1. The first kappa shape index (κ1) is 20.9. The molecule has 2 rings (SSSR count). The molecule has 2 N–H and O–H groups in total. The van der Waals surface area contributed by atoms with Gasteiger partial charge in [-0.15, -0.1) is 0 Å². The van der Waals surface area contributed by atoms with Crippen molar-refractivity contribution in [3.8, 4) is 0 Å². The van der Waals surface area contributed by atoms with Crippen LogP contribution in [0.3, 0.4) is 0 Å². The molecule has 2 heterocycles. The molecule has 1 fully saturated rings. The van der Waals surface area contributed by atoms with Gasteiger partial charge in [0.05, 0.1) is 18.0 Å². The van der Waals surface area contributed by atoms with Crippen molar-refractivity contribution in [2.45, 2.75) is 51.8 Å². The third-order valence-corrected chi connectivity index (χ3v) is 5.81. The fourth-order valence-electron chi connectivity index (χ4n) is 2.90. The van der Waals surface area contributed by atoms with Gasteiger partial charge in [0.15, 0.2) is 17.4 Å². The van der Waals surface area contributed by atoms with Gasteiger partial charge in [-0.25, -0.2) is 8.96 Å². The highest BCUT2D eigenvalue weighted by Gasteiger charge is 2.47. The molecule has 0 aliphatic carbocycles. The predicted octanol–water partition coefficient (Wildman–Crippen LogP) is -0.406. The van der Waals surface area contributed by atoms with Crippen molar-refractivity contribution >= 4 is 16.0 Å². The number of ether oxygens (including phenoxy) is 2. The summed E-state index contributed by atoms with van der Waals surface area (Å²) in [5, 5.41) is 20.4. The maximum absolute atomic E-state index is 12.8. The number of ketones is 1. The number of aliphatic hydroxyl groups excluding tert-OH is 2. The first-order valence-electron chi connectivity index (χ1n) is 8.01. The van der Waals surface area contributed by atoms with Crippen molar-refractivity contribution in [3.05, 3.63) is 17.2 Å². The monoisotopic (exact) mass is 391 g/mol. The molecule has 26 heavy (non-hydrogen) atoms. The van der Waals surface area contributed by atoms with E-state index < -0.39 is 46.7 Å². The maximum atomic E-state index is 12.8. The number of aromatic nitrogens is 2. The van der Waals surface area contributed by atoms with Crippen molar-refractivity contribution in [3.63, 3.8) is 0 Å². The van der Waals surface area contributed by atoms with E-state index >= 15 is 0 Å². The molecule has 0 bridgehead atoms. The molecule has 11 heteroatoms. The molecule has 1 aromatic rings. The number of imidazole rings is 1. The Bertz CT molecular complexity index is 800. The molecule has 1 aliphatic rings. The second kappa shape index (κ2) is 6.98. The minimum atomic E-state index is -4.14. The number of aryl methyl sites for hydroxylation is 1. The van der Waals surface area contributed by atoms with E-state index in [-0.39, 0.29) is 17.2 Å². The van der Waals surface area contributed by atoms with Crippen LogP contribution in [0.4, 0.5) is 0 Å². The molecule has 0 amide bonds. The van der Waals surface area contributed by atoms with Crippen LogP contribution in [-0.2, 0) is 19.7 Å². The highest BCUT2D eigenvalue weighted by Crippen LogP contribution is 2.37. The van der Waals surface area contributed by atoms with Gasteiger partial charge >= 0.3 is 10.2 Å². The summed E-state index contributed by atoms with van der Waals surface area (Å²) in [7, 11) is -1.53. The molecule has 10 nitrogen and oxygen atoms in total. The largest absolute Gasteiger partial charge is 0.394 e. The van der Waals surface area contributed by atoms with Crippen molar-refractivity contribution in [1.82, 2.24) is 13.3 Å². The van der Waals surface area contributed by atoms with Crippen LogP contribution in [0.25, 0.3) is 0 Å². The Hall–Kier alpha value is -1.37. The van der Waals surface area contributed by atoms with Gasteiger partial charge < -0.3 is 19.7 Å². The highest BCUT2D eigenvalue weighted by molar-refractivity contribution is 7.87. The minimum absolute atomic E-state index is 0.103. The fourth-order valence-corrected chi connectivity index (χ4v) is 4.11. The molecule has 0 radical (unpaired) electrons. The lowest BCUT2D eigenvalue weighted by atomic mass is 10.0. The molecule has 148 valence electrons. The van der Waals surface area contributed by atoms with Gasteiger partial charge in [-0.1, -0.05) is 0 Å². The average Bonchev–Trinajstić information content (AvgIpc) is 3.03. The van der Waals surface area contributed by atoms with E-state index in [1.54, 1.807) is 13.8 Å². The lowest BCUT2D eigenvalue weighted by Crippen LogP contribution is -2.37. The summed E-state index contributed by atoms with van der Waals surface area (Å²) in [6.07, 6.45) is -3.41. The zero-order chi connectivity index (χ0) is 20.0. The smallest absolute Gasteiger partial charge is 0.309 e. The number of hydrogen-bond donors (Lipinski definition) is 2. The quantitative estimate of drug-likeness (QED) is 0.626. The van der Waals surface area contributed by atoms with Crippen LogP contribution in [0.5, 0.6) is 0 Å². The van der Waals surface area contributed by atoms with Gasteiger partial charge in [0.2, 0.25) is 0 Å². The third kappa shape index (κ3) is 3.55. The van der Waals surface area contributed by atoms with E-state index in [1.807, 2.05) is 0 Å². The summed E-state index contributed by atoms with van der Waals surface area (Å²) in [5.74, 6) is -1.95. The number of hydrogen-bond acceptors (Lipinski definition) is 8. The van der Waals surface area contributed by atoms with Gasteiger partial charge in [0.25, 0.3) is 0 Å². The first-order valence-corrected chi connectivity index (χ1v) is 9.41. The van der Waals surface area contributed by atoms with E-state index in [2.05, 4.69) is 4.98 Å². The van der Waals surface area contributed by atoms with E-state index in [0.717, 1.165) is 8.28 Å². The molecule has 0 unspecified atom stereocenters. The van der Waals surface area contributed by atoms with Crippen LogP contribution in [0.2, 0.25) is 0 Å². The summed E-state index contributed by atoms with van der Waals surface area (Å²) < 4.78 is 38.3. The lowest BCUT2D eigenvalue weighted by Gasteiger charge is -2.24. The molecule has 0 saturated carbocycles. The zero-order valence-corrected chi connectivity index (χ0v) is 16.4. The minimum Gasteiger partial charge on any atom is -0.394 e. The highest BCUT2D eigenvalue weighted by atomic mass is 32.2. The van der Waals surface area contributed by atoms with Gasteiger partial charge in [0.1, 0.15) is 18.3 Å². The number of aliphatic hydroxyl groups is 2. The summed E-state index contributed by atoms with van der Waals surface area (Å²) in [5.41, 5.74) is 0.0618. The van der Waals surface area contributed by atoms with Crippen LogP contribution >= 0.6 is 0 Å². The predicted molar refractivity (Wildman–Crippen MR) is 90.8 cm³/mol. The summed E-state index contributed by atoms with van der Waals surface area (Å²) in [6, 6.07) is 0. The van der Waals surface area contributed by atoms with Crippen molar-refractivity contribution in [2.24, 2.45) is 0 Å². The fraction of sp³-hybridized carbons (Fsp3) is 0.733. The Balaban J connectivity index is 2.64. The van der Waals surface area contributed by atoms with E-state index in [1.165, 1.54) is 27.9 Å². The Labute approximate surface area is 152 Å². The standard InChI is InChI=1S/C15H25N3O7S/c1-8-11(12(21)13-10(7-19)24-15(3,4)25-13)18(14(16-8)9(2)20)26(22,23)17(5)6/h10,12-13,19,21H,7H2,1-6H3/t10-,12-,13-/m1/s1. The molecule has 0 spiro atoms. The van der Waals surface area contributed by atoms with Crippen LogP contribution in [-0.4, -0.2) is 76.4 Å². The average molecular weight is 391 g/mol. The second-order valence-corrected chi connectivity index (χ2v) is 8.77. The molecule has 1 aliphatic heterocycles. The Kier molecular flexibility index (Phi) is 5.62. The normalized spacial score (nSPS) is 24.2. The van der Waals surface area contributed by atoms with Gasteiger partial charge in [-0.2, -0.15) is 12.7 Å². The van der Waals surface area contributed by atoms with Gasteiger partial charge in [0, 0.05) is 21.0 Å². The van der Waals surface area contributed by atoms with Gasteiger partial charge in [-0.3, -0.25) is 4.79 Å². The maximum Gasteiger partial charge on any atom is 0.309 e. The van der Waals surface area contributed by atoms with E-state index in [4.69, 9.17) is 9.47 Å². The number of rotatable bonds is 6. The molecule has 3 atom stereocenters. The number of nitrogens with zero attached hydrogens (tertiary/aromatic N) is 3. The summed E-state index contributed by atoms with van der Waals surface area (Å²) in [4.78, 5) is 16.0. The van der Waals surface area contributed by atoms with Crippen LogP contribution < -0.4 is 0 Å². The van der Waals surface area contributed by atoms with E-state index in [9.17, 15) is 23.4 Å². The molecule has 1 aromatic heterocycles. The number of carbonyl (C=O) groups is 1. The summed E-state index contributed by atoms with van der Waals surface area (Å²) in [6.45, 7) is 5.47. The molecular formula is C15H25N3O7S. The Morgan fingerprint density at radius 1 is 1.38 bits per heavy atom. The Morgan fingerprint density at radius 2 is 1.96 bits per heavy atom. The van der Waals surface area contributed by atoms with Crippen LogP contribution in [0, 0.1) is 6.92 Å². The third-order valence-electron chi connectivity index (χ3n) is 4.06. The van der Waals surface area contributed by atoms with Crippen LogP contribution in [0.1, 0.15) is 48.9 Å². The van der Waals surface area contributed by atoms with Crippen LogP contribution in [0.15, 0.2) is 0 Å². The van der Waals surface area contributed by atoms with Crippen molar-refractivity contribution in [1.29, 1.82) is 0 Å². The van der Waals surface area contributed by atoms with Crippen molar-refractivity contribution < 1.29 is 32.9 Å². The SMILES string of the molecule is CC(=O)c1nc(C)c([C@@H](O)[C@@H]2OC(C)(C)O[C@@H]2CO)n1S(=O)(=O)N(C)C. The van der Waals surface area contributed by atoms with E-state index in [0.29, 0.717) is 0 Å². The topological polar surface area (TPSA) is 131 Å². The van der Waals surface area contributed by atoms with Crippen molar-refractivity contribution in [2.75, 3.05) is 20.7 Å². The first-order chi connectivity index (χ1) is 11.8. The zero-order valence-electron chi connectivity index (χ0n) is 15.6. The summed E-state index contributed by atoms with van der Waals surface area (Å²) >= 11 is 0. The Morgan fingerprint density at radius 3 is 2.42 bits per heavy atom. The van der Waals surface area contributed by atoms with Gasteiger partial charge in [-0.05, 0) is 20.8 Å². The molecular weight excluding hydrogens is 366 g/mol. The second-order valence-electron chi connectivity index (χ2n) is 6.78. The lowest BCUT2D eigenvalue weighted by molar-refractivity contribution is -0.157. The molecule has 0 aromatic carbocycles.